The first-order valence-electron chi connectivity index (χ1n) is 8.85. The highest BCUT2D eigenvalue weighted by atomic mass is 16.5. The molecule has 5 nitrogen and oxygen atoms in total. The molecule has 0 bridgehead atoms. The number of anilines is 2. The zero-order valence-corrected chi connectivity index (χ0v) is 15.5. The normalized spacial score (nSPS) is 13.8. The average Bonchev–Trinajstić information content (AvgIpc) is 3.05. The Kier molecular flexibility index (Phi) is 5.26. The van der Waals surface area contributed by atoms with Gasteiger partial charge in [-0.3, -0.25) is 9.59 Å². The van der Waals surface area contributed by atoms with Crippen molar-refractivity contribution in [3.05, 3.63) is 53.1 Å². The minimum absolute atomic E-state index is 0.0442. The Morgan fingerprint density at radius 3 is 2.42 bits per heavy atom. The highest BCUT2D eigenvalue weighted by Gasteiger charge is 2.21. The number of hydrogen-bond donors (Lipinski definition) is 1. The molecule has 0 radical (unpaired) electrons. The van der Waals surface area contributed by atoms with E-state index < -0.39 is 0 Å². The third-order valence-electron chi connectivity index (χ3n) is 4.76. The van der Waals surface area contributed by atoms with Crippen LogP contribution in [0.2, 0.25) is 0 Å². The summed E-state index contributed by atoms with van der Waals surface area (Å²) in [5.74, 6) is 0.706. The van der Waals surface area contributed by atoms with E-state index in [9.17, 15) is 9.59 Å². The van der Waals surface area contributed by atoms with Gasteiger partial charge < -0.3 is 15.0 Å². The lowest BCUT2D eigenvalue weighted by atomic mass is 10.1. The summed E-state index contributed by atoms with van der Waals surface area (Å²) in [6.07, 6.45) is 1.50. The molecule has 1 N–H and O–H groups in total. The first-order chi connectivity index (χ1) is 12.5. The molecule has 0 saturated carbocycles. The van der Waals surface area contributed by atoms with Gasteiger partial charge in [0.15, 0.2) is 6.61 Å². The SMILES string of the molecule is Cc1ccc(C)c(OCC(=O)Nc2ccc(N3CCCC3=O)cc2)c1C. The maximum absolute atomic E-state index is 12.2. The van der Waals surface area contributed by atoms with Crippen LogP contribution in [0.1, 0.15) is 29.5 Å². The molecule has 2 amide bonds. The molecule has 136 valence electrons. The molecule has 3 rings (SSSR count). The predicted molar refractivity (Wildman–Crippen MR) is 103 cm³/mol. The summed E-state index contributed by atoms with van der Waals surface area (Å²) in [6.45, 7) is 6.70. The van der Waals surface area contributed by atoms with Crippen LogP contribution >= 0.6 is 0 Å². The Balaban J connectivity index is 1.59. The van der Waals surface area contributed by atoms with Gasteiger partial charge in [-0.05, 0) is 68.1 Å². The van der Waals surface area contributed by atoms with Gasteiger partial charge in [-0.25, -0.2) is 0 Å². The van der Waals surface area contributed by atoms with Gasteiger partial charge in [0.25, 0.3) is 5.91 Å². The zero-order valence-electron chi connectivity index (χ0n) is 15.5. The molecule has 26 heavy (non-hydrogen) atoms. The van der Waals surface area contributed by atoms with Crippen LogP contribution in [-0.2, 0) is 9.59 Å². The molecule has 1 fully saturated rings. The van der Waals surface area contributed by atoms with Crippen LogP contribution in [0, 0.1) is 20.8 Å². The van der Waals surface area contributed by atoms with Gasteiger partial charge in [0.05, 0.1) is 0 Å². The second-order valence-electron chi connectivity index (χ2n) is 6.69. The van der Waals surface area contributed by atoms with Crippen LogP contribution < -0.4 is 15.0 Å². The van der Waals surface area contributed by atoms with Gasteiger partial charge in [-0.1, -0.05) is 12.1 Å². The number of rotatable bonds is 5. The number of nitrogens with zero attached hydrogens (tertiary/aromatic N) is 1. The van der Waals surface area contributed by atoms with Crippen molar-refractivity contribution in [1.82, 2.24) is 0 Å². The van der Waals surface area contributed by atoms with E-state index in [2.05, 4.69) is 5.32 Å². The standard InChI is InChI=1S/C21H24N2O3/c1-14-6-7-15(2)21(16(14)3)26-13-19(24)22-17-8-10-18(11-9-17)23-12-4-5-20(23)25/h6-11H,4-5,12-13H2,1-3H3,(H,22,24). The Bertz CT molecular complexity index is 828. The first-order valence-corrected chi connectivity index (χ1v) is 8.85. The van der Waals surface area contributed by atoms with Gasteiger partial charge in [-0.2, -0.15) is 0 Å². The molecule has 2 aromatic carbocycles. The van der Waals surface area contributed by atoms with E-state index in [4.69, 9.17) is 4.74 Å². The molecule has 1 aliphatic heterocycles. The smallest absolute Gasteiger partial charge is 0.262 e. The fraction of sp³-hybridized carbons (Fsp3) is 0.333. The van der Waals surface area contributed by atoms with Gasteiger partial charge in [0, 0.05) is 24.3 Å². The monoisotopic (exact) mass is 352 g/mol. The second kappa shape index (κ2) is 7.60. The summed E-state index contributed by atoms with van der Waals surface area (Å²) in [4.78, 5) is 25.7. The van der Waals surface area contributed by atoms with Crippen molar-refractivity contribution in [2.75, 3.05) is 23.4 Å². The fourth-order valence-corrected chi connectivity index (χ4v) is 3.13. The summed E-state index contributed by atoms with van der Waals surface area (Å²) in [6, 6.07) is 11.4. The summed E-state index contributed by atoms with van der Waals surface area (Å²) >= 11 is 0. The van der Waals surface area contributed by atoms with Crippen LogP contribution in [0.15, 0.2) is 36.4 Å². The molecule has 1 heterocycles. The number of carbonyl (C=O) groups excluding carboxylic acids is 2. The van der Waals surface area contributed by atoms with Crippen molar-refractivity contribution in [1.29, 1.82) is 0 Å². The summed E-state index contributed by atoms with van der Waals surface area (Å²) in [5.41, 5.74) is 4.76. The summed E-state index contributed by atoms with van der Waals surface area (Å²) in [7, 11) is 0. The lowest BCUT2D eigenvalue weighted by Crippen LogP contribution is -2.24. The number of amides is 2. The maximum atomic E-state index is 12.2. The number of hydrogen-bond acceptors (Lipinski definition) is 3. The van der Waals surface area contributed by atoms with Crippen LogP contribution in [0.25, 0.3) is 0 Å². The van der Waals surface area contributed by atoms with Crippen molar-refractivity contribution in [2.24, 2.45) is 0 Å². The zero-order chi connectivity index (χ0) is 18.7. The predicted octanol–water partition coefficient (Wildman–Crippen LogP) is 3.76. The Morgan fingerprint density at radius 2 is 1.77 bits per heavy atom. The number of ether oxygens (including phenoxy) is 1. The fourth-order valence-electron chi connectivity index (χ4n) is 3.13. The average molecular weight is 352 g/mol. The van der Waals surface area contributed by atoms with E-state index in [1.807, 2.05) is 57.2 Å². The van der Waals surface area contributed by atoms with Crippen molar-refractivity contribution < 1.29 is 14.3 Å². The van der Waals surface area contributed by atoms with Gasteiger partial charge in [-0.15, -0.1) is 0 Å². The second-order valence-corrected chi connectivity index (χ2v) is 6.69. The molecule has 1 aliphatic rings. The van der Waals surface area contributed by atoms with Gasteiger partial charge in [0.2, 0.25) is 5.91 Å². The van der Waals surface area contributed by atoms with E-state index in [0.29, 0.717) is 12.1 Å². The summed E-state index contributed by atoms with van der Waals surface area (Å²) < 4.78 is 5.74. The largest absolute Gasteiger partial charge is 0.483 e. The van der Waals surface area contributed by atoms with Crippen molar-refractivity contribution in [3.8, 4) is 5.75 Å². The number of benzene rings is 2. The molecule has 0 aromatic heterocycles. The number of carbonyl (C=O) groups is 2. The highest BCUT2D eigenvalue weighted by molar-refractivity contribution is 5.96. The Labute approximate surface area is 154 Å². The van der Waals surface area contributed by atoms with Crippen LogP contribution in [-0.4, -0.2) is 25.0 Å². The molecule has 0 unspecified atom stereocenters. The molecule has 0 atom stereocenters. The van der Waals surface area contributed by atoms with E-state index in [0.717, 1.165) is 41.1 Å². The van der Waals surface area contributed by atoms with E-state index in [1.165, 1.54) is 0 Å². The number of nitrogens with one attached hydrogen (secondary N) is 1. The minimum Gasteiger partial charge on any atom is -0.483 e. The van der Waals surface area contributed by atoms with Crippen molar-refractivity contribution >= 4 is 23.2 Å². The highest BCUT2D eigenvalue weighted by Crippen LogP contribution is 2.26. The van der Waals surface area contributed by atoms with Crippen molar-refractivity contribution in [3.63, 3.8) is 0 Å². The number of aryl methyl sites for hydroxylation is 2. The first kappa shape index (κ1) is 18.0. The third-order valence-corrected chi connectivity index (χ3v) is 4.76. The van der Waals surface area contributed by atoms with E-state index in [1.54, 1.807) is 4.90 Å². The maximum Gasteiger partial charge on any atom is 0.262 e. The molecule has 0 aliphatic carbocycles. The Morgan fingerprint density at radius 1 is 1.08 bits per heavy atom. The lowest BCUT2D eigenvalue weighted by Gasteiger charge is -2.16. The van der Waals surface area contributed by atoms with Crippen LogP contribution in [0.3, 0.4) is 0 Å². The molecule has 5 heteroatoms. The quantitative estimate of drug-likeness (QED) is 0.891. The van der Waals surface area contributed by atoms with Crippen LogP contribution in [0.5, 0.6) is 5.75 Å². The van der Waals surface area contributed by atoms with E-state index in [-0.39, 0.29) is 18.4 Å². The van der Waals surface area contributed by atoms with Gasteiger partial charge in [0.1, 0.15) is 5.75 Å². The van der Waals surface area contributed by atoms with Crippen LogP contribution in [0.4, 0.5) is 11.4 Å². The van der Waals surface area contributed by atoms with Gasteiger partial charge >= 0.3 is 0 Å². The van der Waals surface area contributed by atoms with E-state index >= 15 is 0 Å². The lowest BCUT2D eigenvalue weighted by molar-refractivity contribution is -0.118. The topological polar surface area (TPSA) is 58.6 Å². The molecule has 1 saturated heterocycles. The van der Waals surface area contributed by atoms with Crippen molar-refractivity contribution in [2.45, 2.75) is 33.6 Å². The minimum atomic E-state index is -0.213. The Hall–Kier alpha value is -2.82. The molecule has 0 spiro atoms. The summed E-state index contributed by atoms with van der Waals surface area (Å²) in [5, 5.41) is 2.83. The third kappa shape index (κ3) is 3.87. The molecular formula is C21H24N2O3. The molecular weight excluding hydrogens is 328 g/mol. The molecule has 2 aromatic rings.